The molecule has 0 aromatic heterocycles. The van der Waals surface area contributed by atoms with Crippen LogP contribution in [0.5, 0.6) is 0 Å². The minimum absolute atomic E-state index is 0.00171. The summed E-state index contributed by atoms with van der Waals surface area (Å²) in [4.78, 5) is 18.1. The van der Waals surface area contributed by atoms with Crippen molar-refractivity contribution in [2.24, 2.45) is 4.99 Å². The van der Waals surface area contributed by atoms with Gasteiger partial charge in [-0.15, -0.1) is 0 Å². The minimum Gasteiger partial charge on any atom is -0.356 e. The summed E-state index contributed by atoms with van der Waals surface area (Å²) >= 11 is 0. The Morgan fingerprint density at radius 2 is 1.79 bits per heavy atom. The Balaban J connectivity index is 1.60. The molecule has 0 fully saturated rings. The molecule has 0 radical (unpaired) electrons. The smallest absolute Gasteiger partial charge is 0.243 e. The summed E-state index contributed by atoms with van der Waals surface area (Å²) in [5.74, 6) is 0.716. The van der Waals surface area contributed by atoms with Gasteiger partial charge in [0.05, 0.1) is 0 Å². The number of hydrogen-bond acceptors (Lipinski definition) is 2. The molecule has 28 heavy (non-hydrogen) atoms. The van der Waals surface area contributed by atoms with E-state index in [2.05, 4.69) is 64.2 Å². The molecule has 1 aliphatic rings. The highest BCUT2D eigenvalue weighted by Gasteiger charge is 2.19. The van der Waals surface area contributed by atoms with Gasteiger partial charge in [0.15, 0.2) is 5.96 Å². The van der Waals surface area contributed by atoms with Gasteiger partial charge in [-0.05, 0) is 42.4 Å². The van der Waals surface area contributed by atoms with E-state index in [1.54, 1.807) is 19.0 Å². The fraction of sp³-hybridized carbons (Fsp3) is 0.391. The number of nitrogens with zero attached hydrogens (tertiary/aromatic N) is 2. The molecule has 0 heterocycles. The second kappa shape index (κ2) is 9.93. The van der Waals surface area contributed by atoms with Crippen LogP contribution in [-0.2, 0) is 24.1 Å². The van der Waals surface area contributed by atoms with Gasteiger partial charge < -0.3 is 15.5 Å². The van der Waals surface area contributed by atoms with Crippen LogP contribution < -0.4 is 10.6 Å². The highest BCUT2D eigenvalue weighted by atomic mass is 16.2. The van der Waals surface area contributed by atoms with Crippen molar-refractivity contribution in [2.75, 3.05) is 27.2 Å². The van der Waals surface area contributed by atoms with E-state index in [9.17, 15) is 4.79 Å². The Morgan fingerprint density at radius 3 is 2.54 bits per heavy atom. The van der Waals surface area contributed by atoms with Crippen molar-refractivity contribution < 1.29 is 4.79 Å². The van der Waals surface area contributed by atoms with Crippen LogP contribution in [0.2, 0.25) is 0 Å². The fourth-order valence-corrected chi connectivity index (χ4v) is 3.42. The first kappa shape index (κ1) is 19.9. The molecule has 2 N–H and O–H groups in total. The van der Waals surface area contributed by atoms with E-state index >= 15 is 0 Å². The third-order valence-corrected chi connectivity index (χ3v) is 5.11. The molecule has 1 aliphatic carbocycles. The Morgan fingerprint density at radius 1 is 1.07 bits per heavy atom. The third kappa shape index (κ3) is 5.84. The van der Waals surface area contributed by atoms with Crippen molar-refractivity contribution in [3.05, 3.63) is 71.3 Å². The van der Waals surface area contributed by atoms with Crippen LogP contribution in [0.4, 0.5) is 0 Å². The molecular weight excluding hydrogens is 348 g/mol. The second-order valence-electron chi connectivity index (χ2n) is 7.47. The first-order valence-electron chi connectivity index (χ1n) is 9.97. The van der Waals surface area contributed by atoms with Gasteiger partial charge in [0.25, 0.3) is 0 Å². The van der Waals surface area contributed by atoms with Crippen molar-refractivity contribution in [1.29, 1.82) is 0 Å². The van der Waals surface area contributed by atoms with Crippen LogP contribution in [0, 0.1) is 0 Å². The summed E-state index contributed by atoms with van der Waals surface area (Å²) in [6, 6.07) is 19.3. The zero-order valence-corrected chi connectivity index (χ0v) is 16.8. The zero-order valence-electron chi connectivity index (χ0n) is 16.8. The highest BCUT2D eigenvalue weighted by Crippen LogP contribution is 2.20. The molecule has 0 aliphatic heterocycles. The Labute approximate surface area is 167 Å². The molecule has 0 spiro atoms. The topological polar surface area (TPSA) is 56.7 Å². The summed E-state index contributed by atoms with van der Waals surface area (Å²) in [5.41, 5.74) is 4.13. The van der Waals surface area contributed by atoms with Crippen molar-refractivity contribution in [3.8, 4) is 0 Å². The van der Waals surface area contributed by atoms with E-state index in [0.717, 1.165) is 38.2 Å². The van der Waals surface area contributed by atoms with Gasteiger partial charge in [-0.2, -0.15) is 0 Å². The molecule has 0 saturated carbocycles. The van der Waals surface area contributed by atoms with E-state index < -0.39 is 0 Å². The number of fused-ring (bicyclic) bond motifs is 1. The number of carbonyl (C=O) groups excluding carboxylic acids is 1. The fourth-order valence-electron chi connectivity index (χ4n) is 3.42. The Bertz CT molecular complexity index is 801. The highest BCUT2D eigenvalue weighted by molar-refractivity contribution is 5.85. The monoisotopic (exact) mass is 378 g/mol. The van der Waals surface area contributed by atoms with Crippen LogP contribution in [-0.4, -0.2) is 50.0 Å². The van der Waals surface area contributed by atoms with Gasteiger partial charge in [0.1, 0.15) is 6.54 Å². The predicted molar refractivity (Wildman–Crippen MR) is 115 cm³/mol. The third-order valence-electron chi connectivity index (χ3n) is 5.11. The van der Waals surface area contributed by atoms with E-state index in [0.29, 0.717) is 6.04 Å². The number of guanidine groups is 1. The number of hydrogen-bond donors (Lipinski definition) is 2. The van der Waals surface area contributed by atoms with Gasteiger partial charge >= 0.3 is 0 Å². The quantitative estimate of drug-likeness (QED) is 0.600. The maximum Gasteiger partial charge on any atom is 0.243 e. The molecule has 3 rings (SSSR count). The van der Waals surface area contributed by atoms with E-state index in [-0.39, 0.29) is 12.5 Å². The standard InChI is InChI=1S/C23H30N4O/c1-27(2)22(28)17-25-23(24-15-14-18-8-4-3-5-9-18)26-21-13-12-19-10-6-7-11-20(19)16-21/h3-11,21H,12-17H2,1-2H3,(H2,24,25,26). The van der Waals surface area contributed by atoms with Gasteiger partial charge in [-0.25, -0.2) is 4.99 Å². The number of amides is 1. The lowest BCUT2D eigenvalue weighted by atomic mass is 9.88. The number of carbonyl (C=O) groups is 1. The molecule has 1 atom stereocenters. The number of nitrogens with one attached hydrogen (secondary N) is 2. The number of likely N-dealkylation sites (N-methyl/N-ethyl adjacent to an activating group) is 1. The van der Waals surface area contributed by atoms with Crippen LogP contribution in [0.3, 0.4) is 0 Å². The minimum atomic E-state index is -0.00171. The average molecular weight is 379 g/mol. The summed E-state index contributed by atoms with van der Waals surface area (Å²) in [5, 5.41) is 6.95. The van der Waals surface area contributed by atoms with Crippen LogP contribution in [0.1, 0.15) is 23.1 Å². The van der Waals surface area contributed by atoms with Crippen molar-refractivity contribution in [3.63, 3.8) is 0 Å². The van der Waals surface area contributed by atoms with Crippen LogP contribution in [0.15, 0.2) is 59.6 Å². The molecule has 5 nitrogen and oxygen atoms in total. The van der Waals surface area contributed by atoms with Gasteiger partial charge in [0.2, 0.25) is 5.91 Å². The summed E-state index contributed by atoms with van der Waals surface area (Å²) in [7, 11) is 3.51. The molecular formula is C23H30N4O. The molecule has 148 valence electrons. The number of rotatable bonds is 6. The summed E-state index contributed by atoms with van der Waals surface area (Å²) in [6.07, 6.45) is 4.04. The van der Waals surface area contributed by atoms with E-state index in [4.69, 9.17) is 0 Å². The molecule has 1 amide bonds. The normalized spacial score (nSPS) is 16.2. The molecule has 5 heteroatoms. The Hall–Kier alpha value is -2.82. The molecule has 0 bridgehead atoms. The number of aryl methyl sites for hydroxylation is 1. The molecule has 0 saturated heterocycles. The molecule has 2 aromatic rings. The lowest BCUT2D eigenvalue weighted by molar-refractivity contribution is -0.127. The van der Waals surface area contributed by atoms with E-state index in [1.165, 1.54) is 16.7 Å². The summed E-state index contributed by atoms with van der Waals surface area (Å²) < 4.78 is 0. The maximum atomic E-state index is 12.0. The first-order chi connectivity index (χ1) is 13.6. The van der Waals surface area contributed by atoms with Gasteiger partial charge in [0, 0.05) is 26.7 Å². The van der Waals surface area contributed by atoms with Crippen LogP contribution in [0.25, 0.3) is 0 Å². The van der Waals surface area contributed by atoms with Gasteiger partial charge in [-0.3, -0.25) is 4.79 Å². The number of benzene rings is 2. The lowest BCUT2D eigenvalue weighted by Gasteiger charge is -2.27. The van der Waals surface area contributed by atoms with Crippen molar-refractivity contribution in [1.82, 2.24) is 15.5 Å². The van der Waals surface area contributed by atoms with Crippen molar-refractivity contribution >= 4 is 11.9 Å². The average Bonchev–Trinajstić information content (AvgIpc) is 2.72. The zero-order chi connectivity index (χ0) is 19.8. The molecule has 1 unspecified atom stereocenters. The van der Waals surface area contributed by atoms with E-state index in [1.807, 2.05) is 6.07 Å². The SMILES string of the molecule is CN(C)C(=O)CN=C(NCCc1ccccc1)NC1CCc2ccccc2C1. The first-order valence-corrected chi connectivity index (χ1v) is 9.97. The summed E-state index contributed by atoms with van der Waals surface area (Å²) in [6.45, 7) is 0.923. The Kier molecular flexibility index (Phi) is 7.06. The maximum absolute atomic E-state index is 12.0. The molecule has 2 aromatic carbocycles. The number of aliphatic imine (C=N–C) groups is 1. The largest absolute Gasteiger partial charge is 0.356 e. The lowest BCUT2D eigenvalue weighted by Crippen LogP contribution is -2.46. The predicted octanol–water partition coefficient (Wildman–Crippen LogP) is 2.41. The van der Waals surface area contributed by atoms with Gasteiger partial charge in [-0.1, -0.05) is 54.6 Å². The second-order valence-corrected chi connectivity index (χ2v) is 7.47. The van der Waals surface area contributed by atoms with Crippen molar-refractivity contribution in [2.45, 2.75) is 31.7 Å². The van der Waals surface area contributed by atoms with Crippen LogP contribution >= 0.6 is 0 Å².